The summed E-state index contributed by atoms with van der Waals surface area (Å²) in [6, 6.07) is 0. The van der Waals surface area contributed by atoms with Crippen LogP contribution in [0.15, 0.2) is 0 Å². The van der Waals surface area contributed by atoms with Gasteiger partial charge >= 0.3 is 10.5 Å². The normalized spacial score (nSPS) is 15.6. The van der Waals surface area contributed by atoms with Gasteiger partial charge in [-0.3, -0.25) is 0 Å². The molecule has 0 bridgehead atoms. The zero-order valence-corrected chi connectivity index (χ0v) is 9.11. The second kappa shape index (κ2) is 7.44. The molecule has 4 nitrogen and oxygen atoms in total. The number of rotatable bonds is 8. The van der Waals surface area contributed by atoms with Crippen molar-refractivity contribution in [2.45, 2.75) is 45.4 Å². The minimum absolute atomic E-state index is 0.0998. The van der Waals surface area contributed by atoms with Gasteiger partial charge in [-0.25, -0.2) is 0 Å². The van der Waals surface area contributed by atoms with E-state index in [0.717, 1.165) is 12.8 Å². The molecule has 1 unspecified atom stereocenters. The summed E-state index contributed by atoms with van der Waals surface area (Å²) >= 11 is 0. The van der Waals surface area contributed by atoms with Crippen molar-refractivity contribution in [3.05, 3.63) is 0 Å². The molecule has 1 atom stereocenters. The van der Waals surface area contributed by atoms with Gasteiger partial charge in [-0.15, -0.1) is 0 Å². The van der Waals surface area contributed by atoms with E-state index in [4.69, 9.17) is 0 Å². The molecule has 0 aromatic carbocycles. The van der Waals surface area contributed by atoms with Crippen LogP contribution in [0.2, 0.25) is 0 Å². The summed E-state index contributed by atoms with van der Waals surface area (Å²) in [6.07, 6.45) is 6.39. The minimum Gasteiger partial charge on any atom is -0.159 e. The largest absolute Gasteiger partial charge is 0.448 e. The standard InChI is InChI=1S/C8H20NO3S/c1-2-3-4-5-6-7-8-13(10,11)12-9/h2-8H2,1,9H3/q+2. The van der Waals surface area contributed by atoms with Crippen LogP contribution in [0, 0.1) is 0 Å². The molecule has 1 radical (unpaired) electrons. The van der Waals surface area contributed by atoms with Crippen LogP contribution in [-0.4, -0.2) is 5.75 Å². The van der Waals surface area contributed by atoms with Crippen LogP contribution < -0.4 is 5.90 Å². The van der Waals surface area contributed by atoms with Gasteiger partial charge in [0, 0.05) is 4.28 Å². The van der Waals surface area contributed by atoms with Crippen molar-refractivity contribution < 1.29 is 18.9 Å². The predicted molar refractivity (Wildman–Crippen MR) is 51.0 cm³/mol. The summed E-state index contributed by atoms with van der Waals surface area (Å²) in [5.41, 5.74) is 0. The summed E-state index contributed by atoms with van der Waals surface area (Å²) in [7, 11) is -3.32. The van der Waals surface area contributed by atoms with Crippen LogP contribution in [0.3, 0.4) is 0 Å². The van der Waals surface area contributed by atoms with Gasteiger partial charge in [-0.05, 0) is 17.1 Å². The van der Waals surface area contributed by atoms with Crippen LogP contribution in [-0.2, 0) is 23.5 Å². The van der Waals surface area contributed by atoms with Gasteiger partial charge in [0.15, 0.2) is 5.75 Å². The van der Waals surface area contributed by atoms with Crippen LogP contribution in [0.25, 0.3) is 0 Å². The van der Waals surface area contributed by atoms with Crippen molar-refractivity contribution in [3.63, 3.8) is 0 Å². The summed E-state index contributed by atoms with van der Waals surface area (Å²) in [5.74, 6) is 3.00. The second-order valence-electron chi connectivity index (χ2n) is 3.15. The Balaban J connectivity index is 3.21. The molecule has 3 N–H and O–H groups in total. The molecule has 0 rings (SSSR count). The predicted octanol–water partition coefficient (Wildman–Crippen LogP) is 1.28. The van der Waals surface area contributed by atoms with Crippen LogP contribution >= 0.6 is 0 Å². The Morgan fingerprint density at radius 2 is 1.69 bits per heavy atom. The highest BCUT2D eigenvalue weighted by Crippen LogP contribution is 2.08. The molecule has 0 heterocycles. The van der Waals surface area contributed by atoms with Gasteiger partial charge < -0.3 is 0 Å². The van der Waals surface area contributed by atoms with Crippen molar-refractivity contribution in [1.82, 2.24) is 0 Å². The summed E-state index contributed by atoms with van der Waals surface area (Å²) in [6.45, 7) is 2.15. The highest BCUT2D eigenvalue weighted by atomic mass is 32.3. The SMILES string of the molecule is CCCCCCCC[S+]([O])(=O)O[NH3+]. The number of hydrogen-bond donors (Lipinski definition) is 1. The van der Waals surface area contributed by atoms with Gasteiger partial charge in [0.25, 0.3) is 0 Å². The Morgan fingerprint density at radius 1 is 1.15 bits per heavy atom. The first-order valence-electron chi connectivity index (χ1n) is 4.78. The maximum Gasteiger partial charge on any atom is 0.448 e. The average Bonchev–Trinajstić information content (AvgIpc) is 2.11. The quantitative estimate of drug-likeness (QED) is 0.372. The minimum atomic E-state index is -3.32. The molecule has 0 aromatic rings. The van der Waals surface area contributed by atoms with Crippen molar-refractivity contribution in [1.29, 1.82) is 0 Å². The van der Waals surface area contributed by atoms with Gasteiger partial charge in [-0.1, -0.05) is 32.6 Å². The number of quaternary nitrogens is 1. The molecular weight excluding hydrogens is 190 g/mol. The molecule has 0 amide bonds. The Kier molecular flexibility index (Phi) is 7.45. The first-order chi connectivity index (χ1) is 6.12. The molecule has 13 heavy (non-hydrogen) atoms. The molecule has 0 saturated heterocycles. The maximum absolute atomic E-state index is 10.8. The molecule has 0 aliphatic carbocycles. The molecular formula is C8H20NO3S+2. The van der Waals surface area contributed by atoms with E-state index in [1.165, 1.54) is 19.3 Å². The lowest BCUT2D eigenvalue weighted by Crippen LogP contribution is -2.53. The Hall–Kier alpha value is 0.0300. The fraction of sp³-hybridized carbons (Fsp3) is 1.00. The van der Waals surface area contributed by atoms with E-state index < -0.39 is 10.5 Å². The van der Waals surface area contributed by atoms with E-state index in [1.807, 2.05) is 0 Å². The number of hydrogen-bond acceptors (Lipinski definition) is 2. The van der Waals surface area contributed by atoms with Crippen LogP contribution in [0.4, 0.5) is 0 Å². The topological polar surface area (TPSA) is 73.8 Å². The monoisotopic (exact) mass is 210 g/mol. The third kappa shape index (κ3) is 8.36. The van der Waals surface area contributed by atoms with E-state index in [0.29, 0.717) is 6.42 Å². The smallest absolute Gasteiger partial charge is 0.159 e. The first-order valence-corrected chi connectivity index (χ1v) is 6.36. The molecule has 79 valence electrons. The zero-order valence-electron chi connectivity index (χ0n) is 8.29. The molecule has 0 spiro atoms. The van der Waals surface area contributed by atoms with Gasteiger partial charge in [0.1, 0.15) is 0 Å². The fourth-order valence-electron chi connectivity index (χ4n) is 1.12. The highest BCUT2D eigenvalue weighted by molar-refractivity contribution is 7.92. The van der Waals surface area contributed by atoms with Gasteiger partial charge in [0.05, 0.1) is 4.55 Å². The summed E-state index contributed by atoms with van der Waals surface area (Å²) in [5, 5.41) is 0. The molecule has 0 aliphatic rings. The summed E-state index contributed by atoms with van der Waals surface area (Å²) in [4.78, 5) is 0. The van der Waals surface area contributed by atoms with Crippen molar-refractivity contribution in [2.75, 3.05) is 5.75 Å². The lowest BCUT2D eigenvalue weighted by molar-refractivity contribution is -0.637. The second-order valence-corrected chi connectivity index (χ2v) is 4.91. The summed E-state index contributed by atoms with van der Waals surface area (Å²) < 4.78 is 25.7. The lowest BCUT2D eigenvalue weighted by Gasteiger charge is -1.97. The number of unbranched alkanes of at least 4 members (excludes halogenated alkanes) is 5. The third-order valence-electron chi connectivity index (χ3n) is 1.93. The Morgan fingerprint density at radius 3 is 2.23 bits per heavy atom. The Bertz CT molecular complexity index is 163. The molecule has 5 heteroatoms. The molecule has 0 aromatic heterocycles. The first kappa shape index (κ1) is 13.0. The lowest BCUT2D eigenvalue weighted by atomic mass is 10.1. The van der Waals surface area contributed by atoms with Crippen molar-refractivity contribution >= 4 is 10.5 Å². The van der Waals surface area contributed by atoms with E-state index in [9.17, 15) is 8.76 Å². The molecule has 0 aliphatic heterocycles. The molecule has 0 saturated carbocycles. The fourth-order valence-corrected chi connectivity index (χ4v) is 1.79. The average molecular weight is 210 g/mol. The maximum atomic E-state index is 10.8. The van der Waals surface area contributed by atoms with Crippen molar-refractivity contribution in [2.24, 2.45) is 0 Å². The van der Waals surface area contributed by atoms with E-state index in [1.54, 1.807) is 0 Å². The van der Waals surface area contributed by atoms with Gasteiger partial charge in [0.2, 0.25) is 0 Å². The van der Waals surface area contributed by atoms with E-state index in [2.05, 4.69) is 17.1 Å². The van der Waals surface area contributed by atoms with Crippen LogP contribution in [0.1, 0.15) is 45.4 Å². The van der Waals surface area contributed by atoms with Crippen LogP contribution in [0.5, 0.6) is 0 Å². The molecule has 0 fully saturated rings. The highest BCUT2D eigenvalue weighted by Gasteiger charge is 2.31. The zero-order chi connectivity index (χ0) is 10.2. The van der Waals surface area contributed by atoms with Gasteiger partial charge in [-0.2, -0.15) is 5.90 Å². The van der Waals surface area contributed by atoms with Crippen molar-refractivity contribution in [3.8, 4) is 0 Å². The third-order valence-corrected chi connectivity index (χ3v) is 3.08. The van der Waals surface area contributed by atoms with E-state index in [-0.39, 0.29) is 5.75 Å². The Labute approximate surface area is 81.3 Å². The van der Waals surface area contributed by atoms with E-state index >= 15 is 0 Å².